The summed E-state index contributed by atoms with van der Waals surface area (Å²) in [5.41, 5.74) is 5.71. The molecule has 0 amide bonds. The van der Waals surface area contributed by atoms with E-state index in [0.717, 1.165) is 6.54 Å². The van der Waals surface area contributed by atoms with Gasteiger partial charge in [-0.2, -0.15) is 10.1 Å². The van der Waals surface area contributed by atoms with Crippen molar-refractivity contribution in [2.45, 2.75) is 27.0 Å². The summed E-state index contributed by atoms with van der Waals surface area (Å²) in [5, 5.41) is 4.12. The molecule has 0 aromatic carbocycles. The van der Waals surface area contributed by atoms with Crippen LogP contribution in [-0.2, 0) is 17.9 Å². The van der Waals surface area contributed by atoms with Gasteiger partial charge in [0.15, 0.2) is 11.6 Å². The Labute approximate surface area is 111 Å². The Morgan fingerprint density at radius 3 is 2.84 bits per heavy atom. The lowest BCUT2D eigenvalue weighted by Gasteiger charge is -2.06. The average molecular weight is 263 g/mol. The Hall–Kier alpha value is -2.15. The maximum Gasteiger partial charge on any atom is 0.224 e. The van der Waals surface area contributed by atoms with E-state index < -0.39 is 0 Å². The van der Waals surface area contributed by atoms with Crippen LogP contribution in [0.5, 0.6) is 11.6 Å². The molecular weight excluding hydrogens is 246 g/mol. The topological polar surface area (TPSA) is 88.1 Å². The van der Waals surface area contributed by atoms with E-state index in [1.165, 1.54) is 0 Å². The van der Waals surface area contributed by atoms with Crippen molar-refractivity contribution in [2.24, 2.45) is 0 Å². The molecule has 102 valence electrons. The van der Waals surface area contributed by atoms with Gasteiger partial charge in [0.1, 0.15) is 12.4 Å². The third-order valence-electron chi connectivity index (χ3n) is 2.36. The highest BCUT2D eigenvalue weighted by Crippen LogP contribution is 2.20. The van der Waals surface area contributed by atoms with Crippen molar-refractivity contribution in [1.82, 2.24) is 19.7 Å². The molecule has 0 saturated carbocycles. The molecule has 2 heterocycles. The molecule has 2 aromatic heterocycles. The number of nitrogens with zero attached hydrogens (tertiary/aromatic N) is 4. The van der Waals surface area contributed by atoms with E-state index in [2.05, 4.69) is 15.1 Å². The zero-order chi connectivity index (χ0) is 13.7. The van der Waals surface area contributed by atoms with E-state index in [4.69, 9.17) is 15.2 Å². The standard InChI is InChI=1S/C12H17N5O2/c1-3-17-7-9(6-14-17)19-12-5-10(13)15-11(16-12)8-18-4-2/h5-7H,3-4,8H2,1-2H3,(H2,13,15,16). The zero-order valence-corrected chi connectivity index (χ0v) is 11.0. The zero-order valence-electron chi connectivity index (χ0n) is 11.0. The van der Waals surface area contributed by atoms with E-state index in [-0.39, 0.29) is 0 Å². The Balaban J connectivity index is 2.12. The number of nitrogens with two attached hydrogens (primary N) is 1. The van der Waals surface area contributed by atoms with E-state index >= 15 is 0 Å². The second-order valence-electron chi connectivity index (χ2n) is 3.82. The van der Waals surface area contributed by atoms with Crippen LogP contribution in [0.1, 0.15) is 19.7 Å². The minimum absolute atomic E-state index is 0.312. The number of hydrogen-bond donors (Lipinski definition) is 1. The first kappa shape index (κ1) is 13.3. The van der Waals surface area contributed by atoms with Crippen molar-refractivity contribution in [3.05, 3.63) is 24.3 Å². The molecule has 19 heavy (non-hydrogen) atoms. The lowest BCUT2D eigenvalue weighted by Crippen LogP contribution is -2.03. The van der Waals surface area contributed by atoms with Crippen LogP contribution in [0.2, 0.25) is 0 Å². The minimum atomic E-state index is 0.312. The number of anilines is 1. The molecule has 0 aliphatic carbocycles. The van der Waals surface area contributed by atoms with Crippen molar-refractivity contribution in [3.63, 3.8) is 0 Å². The van der Waals surface area contributed by atoms with E-state index in [9.17, 15) is 0 Å². The molecule has 0 aliphatic rings. The molecule has 0 aliphatic heterocycles. The normalized spacial score (nSPS) is 10.6. The highest BCUT2D eigenvalue weighted by Gasteiger charge is 2.06. The number of ether oxygens (including phenoxy) is 2. The van der Waals surface area contributed by atoms with Gasteiger partial charge >= 0.3 is 0 Å². The predicted octanol–water partition coefficient (Wildman–Crippen LogP) is 1.60. The lowest BCUT2D eigenvalue weighted by atomic mass is 10.5. The predicted molar refractivity (Wildman–Crippen MR) is 69.7 cm³/mol. The maximum absolute atomic E-state index is 5.71. The second-order valence-corrected chi connectivity index (χ2v) is 3.82. The number of hydrogen-bond acceptors (Lipinski definition) is 6. The Bertz CT molecular complexity index is 541. The quantitative estimate of drug-likeness (QED) is 0.851. The summed E-state index contributed by atoms with van der Waals surface area (Å²) in [6.45, 7) is 5.59. The molecule has 0 radical (unpaired) electrons. The Morgan fingerprint density at radius 2 is 2.16 bits per heavy atom. The summed E-state index contributed by atoms with van der Waals surface area (Å²) in [7, 11) is 0. The summed E-state index contributed by atoms with van der Waals surface area (Å²) in [4.78, 5) is 8.30. The summed E-state index contributed by atoms with van der Waals surface area (Å²) in [6, 6.07) is 1.57. The van der Waals surface area contributed by atoms with Crippen LogP contribution in [0.3, 0.4) is 0 Å². The Kier molecular flexibility index (Phi) is 4.30. The number of rotatable bonds is 6. The molecular formula is C12H17N5O2. The average Bonchev–Trinajstić information content (AvgIpc) is 2.83. The van der Waals surface area contributed by atoms with Gasteiger partial charge in [0.2, 0.25) is 5.88 Å². The fourth-order valence-electron chi connectivity index (χ4n) is 1.49. The van der Waals surface area contributed by atoms with E-state index in [1.807, 2.05) is 13.8 Å². The number of aryl methyl sites for hydroxylation is 1. The largest absolute Gasteiger partial charge is 0.436 e. The SMILES string of the molecule is CCOCc1nc(N)cc(Oc2cnn(CC)c2)n1. The fourth-order valence-corrected chi connectivity index (χ4v) is 1.49. The molecule has 0 bridgehead atoms. The van der Waals surface area contributed by atoms with Gasteiger partial charge in [-0.25, -0.2) is 4.98 Å². The molecule has 2 rings (SSSR count). The minimum Gasteiger partial charge on any atom is -0.436 e. The molecule has 0 fully saturated rings. The van der Waals surface area contributed by atoms with Gasteiger partial charge in [0, 0.05) is 19.2 Å². The highest BCUT2D eigenvalue weighted by molar-refractivity contribution is 5.34. The van der Waals surface area contributed by atoms with Crippen LogP contribution < -0.4 is 10.5 Å². The molecule has 0 unspecified atom stereocenters. The van der Waals surface area contributed by atoms with E-state index in [0.29, 0.717) is 36.5 Å². The van der Waals surface area contributed by atoms with Crippen LogP contribution in [-0.4, -0.2) is 26.4 Å². The van der Waals surface area contributed by atoms with Crippen molar-refractivity contribution in [1.29, 1.82) is 0 Å². The van der Waals surface area contributed by atoms with Crippen LogP contribution >= 0.6 is 0 Å². The first-order valence-corrected chi connectivity index (χ1v) is 6.12. The summed E-state index contributed by atoms with van der Waals surface area (Å²) in [5.74, 6) is 1.85. The van der Waals surface area contributed by atoms with Crippen molar-refractivity contribution in [3.8, 4) is 11.6 Å². The van der Waals surface area contributed by atoms with Gasteiger partial charge in [-0.3, -0.25) is 4.68 Å². The van der Waals surface area contributed by atoms with Crippen molar-refractivity contribution in [2.75, 3.05) is 12.3 Å². The molecule has 7 heteroatoms. The smallest absolute Gasteiger partial charge is 0.224 e. The molecule has 2 aromatic rings. The van der Waals surface area contributed by atoms with Crippen LogP contribution in [0.4, 0.5) is 5.82 Å². The van der Waals surface area contributed by atoms with Crippen molar-refractivity contribution < 1.29 is 9.47 Å². The maximum atomic E-state index is 5.71. The monoisotopic (exact) mass is 263 g/mol. The third-order valence-corrected chi connectivity index (χ3v) is 2.36. The van der Waals surface area contributed by atoms with Gasteiger partial charge in [-0.05, 0) is 13.8 Å². The lowest BCUT2D eigenvalue weighted by molar-refractivity contribution is 0.128. The molecule has 2 N–H and O–H groups in total. The van der Waals surface area contributed by atoms with Gasteiger partial charge in [0.05, 0.1) is 12.4 Å². The summed E-state index contributed by atoms with van der Waals surface area (Å²) >= 11 is 0. The highest BCUT2D eigenvalue weighted by atomic mass is 16.5. The molecule has 0 spiro atoms. The van der Waals surface area contributed by atoms with Crippen LogP contribution in [0.25, 0.3) is 0 Å². The number of aromatic nitrogens is 4. The Morgan fingerprint density at radius 1 is 1.32 bits per heavy atom. The van der Waals surface area contributed by atoms with Gasteiger partial charge < -0.3 is 15.2 Å². The van der Waals surface area contributed by atoms with Crippen LogP contribution in [0, 0.1) is 0 Å². The first-order valence-electron chi connectivity index (χ1n) is 6.12. The molecule has 7 nitrogen and oxygen atoms in total. The summed E-state index contributed by atoms with van der Waals surface area (Å²) in [6.07, 6.45) is 3.42. The van der Waals surface area contributed by atoms with Gasteiger partial charge in [0.25, 0.3) is 0 Å². The first-order chi connectivity index (χ1) is 9.21. The van der Waals surface area contributed by atoms with Gasteiger partial charge in [-0.15, -0.1) is 0 Å². The van der Waals surface area contributed by atoms with Crippen LogP contribution in [0.15, 0.2) is 18.5 Å². The third kappa shape index (κ3) is 3.65. The molecule has 0 saturated heterocycles. The fraction of sp³-hybridized carbons (Fsp3) is 0.417. The van der Waals surface area contributed by atoms with E-state index in [1.54, 1.807) is 23.1 Å². The number of nitrogen functional groups attached to an aromatic ring is 1. The van der Waals surface area contributed by atoms with Gasteiger partial charge in [-0.1, -0.05) is 0 Å². The second kappa shape index (κ2) is 6.14. The van der Waals surface area contributed by atoms with Crippen molar-refractivity contribution >= 4 is 5.82 Å². The summed E-state index contributed by atoms with van der Waals surface area (Å²) < 4.78 is 12.6. The molecule has 0 atom stereocenters.